The lowest BCUT2D eigenvalue weighted by molar-refractivity contribution is 0.357. The number of benzene rings is 3. The number of nitrogens with zero attached hydrogens (tertiary/aromatic N) is 4. The molecular weight excluding hydrogens is 558 g/mol. The van der Waals surface area contributed by atoms with Crippen LogP contribution in [-0.2, 0) is 0 Å². The van der Waals surface area contributed by atoms with Crippen LogP contribution in [0.3, 0.4) is 0 Å². The minimum absolute atomic E-state index is 0.143. The number of piperidine rings is 1. The summed E-state index contributed by atoms with van der Waals surface area (Å²) in [4.78, 5) is 9.39. The summed E-state index contributed by atoms with van der Waals surface area (Å²) in [6.07, 6.45) is 5.23. The predicted molar refractivity (Wildman–Crippen MR) is 178 cm³/mol. The van der Waals surface area contributed by atoms with Crippen LogP contribution in [0.1, 0.15) is 43.7 Å². The number of rotatable bonds is 5. The van der Waals surface area contributed by atoms with Crippen molar-refractivity contribution in [2.45, 2.75) is 32.4 Å². The average Bonchev–Trinajstić information content (AvgIpc) is 3.61. The van der Waals surface area contributed by atoms with Crippen molar-refractivity contribution in [3.63, 3.8) is 0 Å². The first kappa shape index (κ1) is 27.0. The van der Waals surface area contributed by atoms with Crippen molar-refractivity contribution in [3.05, 3.63) is 120 Å². The molecule has 4 heterocycles. The third-order valence-corrected chi connectivity index (χ3v) is 9.23. The van der Waals surface area contributed by atoms with Crippen molar-refractivity contribution in [1.29, 1.82) is 0 Å². The fraction of sp³-hybridized carbons (Fsp3) is 0.257. The minimum atomic E-state index is -0.147. The van der Waals surface area contributed by atoms with Crippen LogP contribution in [0.15, 0.2) is 103 Å². The highest BCUT2D eigenvalue weighted by Crippen LogP contribution is 2.44. The second-order valence-electron chi connectivity index (χ2n) is 11.8. The number of halogens is 1. The van der Waals surface area contributed by atoms with E-state index < -0.39 is 0 Å². The topological polar surface area (TPSA) is 36.3 Å². The van der Waals surface area contributed by atoms with Gasteiger partial charge in [-0.1, -0.05) is 61.8 Å². The SMILES string of the molecule is C[C@@H]1C[C@H](C)CN(c2ccc(N3C(=S)N[C@@H](c4ccccn4)[C@H]3c3cccn3-c3ccc4ccccc4c3)cc2Cl)C1. The van der Waals surface area contributed by atoms with Gasteiger partial charge in [-0.05, 0) is 95.8 Å². The molecule has 0 spiro atoms. The molecule has 212 valence electrons. The minimum Gasteiger partial charge on any atom is -0.370 e. The molecule has 0 saturated carbocycles. The molecule has 0 aliphatic carbocycles. The first-order chi connectivity index (χ1) is 20.5. The van der Waals surface area contributed by atoms with Gasteiger partial charge in [0.05, 0.1) is 22.4 Å². The summed E-state index contributed by atoms with van der Waals surface area (Å²) in [7, 11) is 0. The Bertz CT molecular complexity index is 1740. The molecule has 5 nitrogen and oxygen atoms in total. The molecule has 2 aromatic heterocycles. The first-order valence-corrected chi connectivity index (χ1v) is 15.5. The lowest BCUT2D eigenvalue weighted by Gasteiger charge is -2.37. The van der Waals surface area contributed by atoms with Crippen molar-refractivity contribution in [2.24, 2.45) is 11.8 Å². The van der Waals surface area contributed by atoms with E-state index in [4.69, 9.17) is 28.8 Å². The van der Waals surface area contributed by atoms with E-state index in [2.05, 4.69) is 119 Å². The fourth-order valence-electron chi connectivity index (χ4n) is 6.89. The number of nitrogens with one attached hydrogen (secondary N) is 1. The Balaban J connectivity index is 1.31. The van der Waals surface area contributed by atoms with E-state index >= 15 is 0 Å². The van der Waals surface area contributed by atoms with E-state index in [0.29, 0.717) is 16.9 Å². The number of pyridine rings is 1. The zero-order valence-corrected chi connectivity index (χ0v) is 25.4. The third-order valence-electron chi connectivity index (χ3n) is 8.61. The molecule has 2 aliphatic rings. The Kier molecular flexibility index (Phi) is 7.12. The van der Waals surface area contributed by atoms with Gasteiger partial charge in [0.25, 0.3) is 0 Å². The monoisotopic (exact) mass is 591 g/mol. The van der Waals surface area contributed by atoms with E-state index in [-0.39, 0.29) is 12.1 Å². The van der Waals surface area contributed by atoms with Crippen LogP contribution in [0.4, 0.5) is 11.4 Å². The van der Waals surface area contributed by atoms with Crippen LogP contribution in [0.5, 0.6) is 0 Å². The second-order valence-corrected chi connectivity index (χ2v) is 12.6. The molecule has 2 fully saturated rings. The molecule has 7 rings (SSSR count). The molecule has 2 aliphatic heterocycles. The summed E-state index contributed by atoms with van der Waals surface area (Å²) in [5.74, 6) is 1.29. The van der Waals surface area contributed by atoms with Crippen molar-refractivity contribution in [2.75, 3.05) is 22.9 Å². The van der Waals surface area contributed by atoms with Gasteiger partial charge in [-0.15, -0.1) is 0 Å². The third kappa shape index (κ3) is 4.93. The highest BCUT2D eigenvalue weighted by atomic mass is 35.5. The van der Waals surface area contributed by atoms with Gasteiger partial charge >= 0.3 is 0 Å². The molecule has 3 aromatic carbocycles. The molecule has 0 radical (unpaired) electrons. The number of anilines is 2. The fourth-order valence-corrected chi connectivity index (χ4v) is 7.53. The van der Waals surface area contributed by atoms with Crippen LogP contribution in [-0.4, -0.2) is 27.8 Å². The highest BCUT2D eigenvalue weighted by molar-refractivity contribution is 7.80. The summed E-state index contributed by atoms with van der Waals surface area (Å²) in [6.45, 7) is 6.70. The van der Waals surface area contributed by atoms with Gasteiger partial charge in [0, 0.05) is 42.6 Å². The molecule has 42 heavy (non-hydrogen) atoms. The van der Waals surface area contributed by atoms with Crippen molar-refractivity contribution >= 4 is 51.1 Å². The van der Waals surface area contributed by atoms with Crippen LogP contribution < -0.4 is 15.1 Å². The Morgan fingerprint density at radius 2 is 1.60 bits per heavy atom. The van der Waals surface area contributed by atoms with Crippen LogP contribution in [0.25, 0.3) is 16.5 Å². The summed E-state index contributed by atoms with van der Waals surface area (Å²) in [6, 6.07) is 31.5. The van der Waals surface area contributed by atoms with E-state index in [1.54, 1.807) is 0 Å². The first-order valence-electron chi connectivity index (χ1n) is 14.7. The molecule has 7 heteroatoms. The predicted octanol–water partition coefficient (Wildman–Crippen LogP) is 8.34. The van der Waals surface area contributed by atoms with Crippen LogP contribution in [0.2, 0.25) is 5.02 Å². The van der Waals surface area contributed by atoms with E-state index in [0.717, 1.165) is 46.6 Å². The molecule has 2 saturated heterocycles. The van der Waals surface area contributed by atoms with E-state index in [9.17, 15) is 0 Å². The van der Waals surface area contributed by atoms with E-state index in [1.165, 1.54) is 17.2 Å². The molecule has 0 unspecified atom stereocenters. The normalized spacial score (nSPS) is 22.5. The van der Waals surface area contributed by atoms with Gasteiger partial charge in [-0.2, -0.15) is 0 Å². The molecule has 0 amide bonds. The van der Waals surface area contributed by atoms with Gasteiger partial charge in [-0.3, -0.25) is 4.98 Å². The van der Waals surface area contributed by atoms with Gasteiger partial charge in [0.1, 0.15) is 6.04 Å². The Morgan fingerprint density at radius 1 is 0.833 bits per heavy atom. The zero-order chi connectivity index (χ0) is 28.8. The molecule has 1 N–H and O–H groups in total. The average molecular weight is 592 g/mol. The molecule has 4 atom stereocenters. The number of aromatic nitrogens is 2. The van der Waals surface area contributed by atoms with Crippen LogP contribution >= 0.6 is 23.8 Å². The van der Waals surface area contributed by atoms with Gasteiger partial charge in [0.2, 0.25) is 0 Å². The van der Waals surface area contributed by atoms with Gasteiger partial charge < -0.3 is 19.7 Å². The number of hydrogen-bond acceptors (Lipinski definition) is 3. The van der Waals surface area contributed by atoms with Crippen LogP contribution in [0, 0.1) is 11.8 Å². The van der Waals surface area contributed by atoms with Crippen molar-refractivity contribution in [3.8, 4) is 5.69 Å². The highest BCUT2D eigenvalue weighted by Gasteiger charge is 2.42. The Labute approximate surface area is 257 Å². The standard InChI is InChI=1S/C35H34ClN5S/c1-23-18-24(2)22-39(21-23)31-15-14-28(20-29(31)36)41-34(33(38-35(41)42)30-10-5-6-16-37-30)32-11-7-17-40(32)27-13-12-25-8-3-4-9-26(25)19-27/h3-17,19-20,23-24,33-34H,18,21-22H2,1-2H3,(H,38,42)/t23-,24+,33-,34+/m0/s1. The number of hydrogen-bond donors (Lipinski definition) is 1. The summed E-state index contributed by atoms with van der Waals surface area (Å²) in [5, 5.41) is 7.44. The maximum Gasteiger partial charge on any atom is 0.174 e. The molecule has 0 bridgehead atoms. The largest absolute Gasteiger partial charge is 0.370 e. The lowest BCUT2D eigenvalue weighted by Crippen LogP contribution is -2.38. The second kappa shape index (κ2) is 11.1. The maximum absolute atomic E-state index is 7.04. The summed E-state index contributed by atoms with van der Waals surface area (Å²) in [5.41, 5.74) is 5.22. The van der Waals surface area contributed by atoms with Crippen molar-refractivity contribution in [1.82, 2.24) is 14.9 Å². The smallest absolute Gasteiger partial charge is 0.174 e. The zero-order valence-electron chi connectivity index (χ0n) is 23.8. The van der Waals surface area contributed by atoms with E-state index in [1.807, 2.05) is 18.3 Å². The lowest BCUT2D eigenvalue weighted by atomic mass is 9.91. The number of thiocarbonyl (C=S) groups is 1. The van der Waals surface area contributed by atoms with Gasteiger partial charge in [-0.25, -0.2) is 0 Å². The van der Waals surface area contributed by atoms with Crippen molar-refractivity contribution < 1.29 is 0 Å². The Morgan fingerprint density at radius 3 is 2.36 bits per heavy atom. The summed E-state index contributed by atoms with van der Waals surface area (Å²) >= 11 is 13.1. The maximum atomic E-state index is 7.04. The van der Waals surface area contributed by atoms with Gasteiger partial charge in [0.15, 0.2) is 5.11 Å². The molecular formula is C35H34ClN5S. The quantitative estimate of drug-likeness (QED) is 0.208. The Hall–Kier alpha value is -3.87. The molecule has 5 aromatic rings. The number of fused-ring (bicyclic) bond motifs is 1. The summed E-state index contributed by atoms with van der Waals surface area (Å²) < 4.78 is 2.27.